The average Bonchev–Trinajstić information content (AvgIpc) is 2.88. The molecule has 20 heavy (non-hydrogen) atoms. The van der Waals surface area contributed by atoms with Gasteiger partial charge in [-0.05, 0) is 38.5 Å². The third-order valence-electron chi connectivity index (χ3n) is 2.79. The summed E-state index contributed by atoms with van der Waals surface area (Å²) < 4.78 is 0. The summed E-state index contributed by atoms with van der Waals surface area (Å²) in [5.74, 6) is -1.05. The van der Waals surface area contributed by atoms with Crippen LogP contribution >= 0.6 is 11.3 Å². The lowest BCUT2D eigenvalue weighted by atomic mass is 10.2. The van der Waals surface area contributed by atoms with Crippen molar-refractivity contribution in [3.8, 4) is 0 Å². The van der Waals surface area contributed by atoms with Crippen LogP contribution in [0.2, 0.25) is 0 Å². The van der Waals surface area contributed by atoms with Gasteiger partial charge in [0.1, 0.15) is 0 Å². The first-order valence-electron chi connectivity index (χ1n) is 6.34. The van der Waals surface area contributed by atoms with Gasteiger partial charge in [0, 0.05) is 18.5 Å². The number of carboxylic acid groups (broad SMARTS) is 1. The smallest absolute Gasteiger partial charge is 0.331 e. The van der Waals surface area contributed by atoms with Crippen LogP contribution in [0.15, 0.2) is 17.5 Å². The Labute approximate surface area is 123 Å². The van der Waals surface area contributed by atoms with E-state index in [1.807, 2.05) is 19.0 Å². The quantitative estimate of drug-likeness (QED) is 0.799. The van der Waals surface area contributed by atoms with Crippen LogP contribution in [-0.4, -0.2) is 61.1 Å². The summed E-state index contributed by atoms with van der Waals surface area (Å²) in [5, 5.41) is 13.5. The zero-order valence-corrected chi connectivity index (χ0v) is 12.8. The van der Waals surface area contributed by atoms with E-state index in [-0.39, 0.29) is 6.03 Å². The first kappa shape index (κ1) is 16.5. The molecule has 1 atom stereocenters. The Morgan fingerprint density at radius 2 is 2.05 bits per heavy atom. The molecule has 0 radical (unpaired) electrons. The fourth-order valence-corrected chi connectivity index (χ4v) is 2.44. The van der Waals surface area contributed by atoms with Crippen molar-refractivity contribution in [3.05, 3.63) is 22.4 Å². The second-order valence-electron chi connectivity index (χ2n) is 4.81. The number of urea groups is 1. The molecule has 0 aliphatic rings. The molecule has 2 amide bonds. The van der Waals surface area contributed by atoms with Gasteiger partial charge in [-0.25, -0.2) is 9.59 Å². The summed E-state index contributed by atoms with van der Waals surface area (Å²) in [7, 11) is 5.60. The molecule has 1 rings (SSSR count). The van der Waals surface area contributed by atoms with Crippen LogP contribution in [0.25, 0.3) is 0 Å². The highest BCUT2D eigenvalue weighted by molar-refractivity contribution is 7.10. The molecule has 0 bridgehead atoms. The highest BCUT2D eigenvalue weighted by Gasteiger charge is 2.24. The normalized spacial score (nSPS) is 12.2. The SMILES string of the molecule is CN(C)CCCN(C)C(=O)NC(C(=O)O)c1cccs1. The standard InChI is InChI=1S/C13H21N3O3S/c1-15(2)7-5-8-16(3)13(19)14-11(12(17)18)10-6-4-9-20-10/h4,6,9,11H,5,7-8H2,1-3H3,(H,14,19)(H,17,18). The van der Waals surface area contributed by atoms with Crippen molar-refractivity contribution in [3.63, 3.8) is 0 Å². The molecule has 6 nitrogen and oxygen atoms in total. The molecule has 0 saturated heterocycles. The van der Waals surface area contributed by atoms with Gasteiger partial charge in [-0.2, -0.15) is 0 Å². The highest BCUT2D eigenvalue weighted by atomic mass is 32.1. The van der Waals surface area contributed by atoms with Crippen LogP contribution in [0.3, 0.4) is 0 Å². The molecule has 0 aromatic carbocycles. The molecule has 2 N–H and O–H groups in total. The van der Waals surface area contributed by atoms with E-state index >= 15 is 0 Å². The summed E-state index contributed by atoms with van der Waals surface area (Å²) in [4.78, 5) is 27.4. The first-order chi connectivity index (χ1) is 9.41. The third-order valence-corrected chi connectivity index (χ3v) is 3.73. The Morgan fingerprint density at radius 3 is 2.55 bits per heavy atom. The minimum atomic E-state index is -1.05. The molecule has 7 heteroatoms. The Morgan fingerprint density at radius 1 is 1.35 bits per heavy atom. The second kappa shape index (κ2) is 7.86. The van der Waals surface area contributed by atoms with Crippen molar-refractivity contribution in [2.45, 2.75) is 12.5 Å². The van der Waals surface area contributed by atoms with Crippen LogP contribution < -0.4 is 5.32 Å². The van der Waals surface area contributed by atoms with Gasteiger partial charge in [0.05, 0.1) is 0 Å². The molecular formula is C13H21N3O3S. The predicted molar refractivity (Wildman–Crippen MR) is 79.0 cm³/mol. The fourth-order valence-electron chi connectivity index (χ4n) is 1.67. The molecule has 0 aliphatic heterocycles. The summed E-state index contributed by atoms with van der Waals surface area (Å²) in [6.45, 7) is 1.46. The van der Waals surface area contributed by atoms with Crippen LogP contribution in [0.5, 0.6) is 0 Å². The lowest BCUT2D eigenvalue weighted by molar-refractivity contribution is -0.139. The molecular weight excluding hydrogens is 278 g/mol. The van der Waals surface area contributed by atoms with Crippen molar-refractivity contribution in [2.24, 2.45) is 0 Å². The van der Waals surface area contributed by atoms with E-state index < -0.39 is 12.0 Å². The Kier molecular flexibility index (Phi) is 6.47. The van der Waals surface area contributed by atoms with Gasteiger partial charge in [0.2, 0.25) is 0 Å². The number of nitrogens with one attached hydrogen (secondary N) is 1. The van der Waals surface area contributed by atoms with E-state index in [0.717, 1.165) is 13.0 Å². The number of nitrogens with zero attached hydrogens (tertiary/aromatic N) is 2. The Balaban J connectivity index is 2.52. The lowest BCUT2D eigenvalue weighted by Gasteiger charge is -2.21. The zero-order chi connectivity index (χ0) is 15.1. The largest absolute Gasteiger partial charge is 0.479 e. The van der Waals surface area contributed by atoms with Gasteiger partial charge < -0.3 is 20.2 Å². The van der Waals surface area contributed by atoms with Gasteiger partial charge in [-0.3, -0.25) is 0 Å². The fraction of sp³-hybridized carbons (Fsp3) is 0.538. The van der Waals surface area contributed by atoms with Crippen LogP contribution in [0.4, 0.5) is 4.79 Å². The van der Waals surface area contributed by atoms with Crippen molar-refractivity contribution in [2.75, 3.05) is 34.2 Å². The first-order valence-corrected chi connectivity index (χ1v) is 7.22. The molecule has 1 heterocycles. The van der Waals surface area contributed by atoms with Gasteiger partial charge in [-0.15, -0.1) is 11.3 Å². The van der Waals surface area contributed by atoms with Gasteiger partial charge in [0.15, 0.2) is 6.04 Å². The van der Waals surface area contributed by atoms with E-state index in [1.54, 1.807) is 24.6 Å². The number of rotatable bonds is 7. The van der Waals surface area contributed by atoms with Crippen molar-refractivity contribution < 1.29 is 14.7 Å². The number of hydrogen-bond acceptors (Lipinski definition) is 4. The van der Waals surface area contributed by atoms with Gasteiger partial charge >= 0.3 is 12.0 Å². The number of carboxylic acids is 1. The number of carbonyl (C=O) groups is 2. The monoisotopic (exact) mass is 299 g/mol. The average molecular weight is 299 g/mol. The molecule has 1 aromatic rings. The van der Waals surface area contributed by atoms with Crippen LogP contribution in [-0.2, 0) is 4.79 Å². The van der Waals surface area contributed by atoms with Gasteiger partial charge in [-0.1, -0.05) is 6.07 Å². The minimum Gasteiger partial charge on any atom is -0.479 e. The van der Waals surface area contributed by atoms with Crippen molar-refractivity contribution in [1.29, 1.82) is 0 Å². The molecule has 1 unspecified atom stereocenters. The maximum absolute atomic E-state index is 12.0. The molecule has 0 fully saturated rings. The maximum Gasteiger partial charge on any atom is 0.331 e. The van der Waals surface area contributed by atoms with E-state index in [1.165, 1.54) is 16.2 Å². The van der Waals surface area contributed by atoms with E-state index in [9.17, 15) is 14.7 Å². The third kappa shape index (κ3) is 5.18. The number of hydrogen-bond donors (Lipinski definition) is 2. The molecule has 0 spiro atoms. The number of aliphatic carboxylic acids is 1. The minimum absolute atomic E-state index is 0.371. The van der Waals surface area contributed by atoms with Crippen LogP contribution in [0.1, 0.15) is 17.3 Å². The zero-order valence-electron chi connectivity index (χ0n) is 12.0. The van der Waals surface area contributed by atoms with E-state index in [0.29, 0.717) is 11.4 Å². The maximum atomic E-state index is 12.0. The Hall–Kier alpha value is -1.60. The van der Waals surface area contributed by atoms with Crippen LogP contribution in [0, 0.1) is 0 Å². The lowest BCUT2D eigenvalue weighted by Crippen LogP contribution is -2.42. The van der Waals surface area contributed by atoms with Crippen molar-refractivity contribution in [1.82, 2.24) is 15.1 Å². The summed E-state index contributed by atoms with van der Waals surface area (Å²) in [5.41, 5.74) is 0. The summed E-state index contributed by atoms with van der Waals surface area (Å²) in [6.07, 6.45) is 0.841. The number of amides is 2. The van der Waals surface area contributed by atoms with Gasteiger partial charge in [0.25, 0.3) is 0 Å². The molecule has 112 valence electrons. The van der Waals surface area contributed by atoms with E-state index in [2.05, 4.69) is 5.32 Å². The van der Waals surface area contributed by atoms with Crippen molar-refractivity contribution >= 4 is 23.3 Å². The summed E-state index contributed by atoms with van der Waals surface area (Å²) in [6, 6.07) is 2.11. The number of thiophene rings is 1. The summed E-state index contributed by atoms with van der Waals surface area (Å²) >= 11 is 1.31. The predicted octanol–water partition coefficient (Wildman–Crippen LogP) is 1.47. The molecule has 0 saturated carbocycles. The second-order valence-corrected chi connectivity index (χ2v) is 5.79. The topological polar surface area (TPSA) is 72.9 Å². The van der Waals surface area contributed by atoms with E-state index in [4.69, 9.17) is 0 Å². The Bertz CT molecular complexity index is 434. The number of carbonyl (C=O) groups excluding carboxylic acids is 1. The molecule has 0 aliphatic carbocycles. The highest BCUT2D eigenvalue weighted by Crippen LogP contribution is 2.19. The molecule has 1 aromatic heterocycles.